The van der Waals surface area contributed by atoms with E-state index in [1.54, 1.807) is 12.3 Å². The molecule has 0 radical (unpaired) electrons. The number of halogens is 1. The molecule has 3 aromatic rings. The van der Waals surface area contributed by atoms with Crippen molar-refractivity contribution in [3.8, 4) is 0 Å². The molecule has 0 unspecified atom stereocenters. The van der Waals surface area contributed by atoms with Crippen LogP contribution in [0.5, 0.6) is 0 Å². The molecule has 0 saturated carbocycles. The van der Waals surface area contributed by atoms with Crippen molar-refractivity contribution >= 4 is 23.2 Å². The largest absolute Gasteiger partial charge is 0.456 e. The Morgan fingerprint density at radius 1 is 1.17 bits per heavy atom. The highest BCUT2D eigenvalue weighted by atomic mass is 35.5. The van der Waals surface area contributed by atoms with Crippen LogP contribution < -0.4 is 0 Å². The second kappa shape index (κ2) is 5.70. The average Bonchev–Trinajstić information content (AvgIpc) is 3.17. The first-order chi connectivity index (χ1) is 11.2. The van der Waals surface area contributed by atoms with Gasteiger partial charge in [0.2, 0.25) is 0 Å². The normalized spacial score (nSPS) is 13.3. The minimum absolute atomic E-state index is 0.148. The van der Waals surface area contributed by atoms with Gasteiger partial charge in [0, 0.05) is 12.4 Å². The van der Waals surface area contributed by atoms with Crippen LogP contribution in [0.2, 0.25) is 5.02 Å². The van der Waals surface area contributed by atoms with Crippen LogP contribution in [-0.2, 0) is 24.2 Å². The lowest BCUT2D eigenvalue weighted by atomic mass is 10.1. The van der Waals surface area contributed by atoms with Gasteiger partial charge in [0.05, 0.1) is 16.3 Å². The number of benzene rings is 1. The zero-order chi connectivity index (χ0) is 15.8. The maximum atomic E-state index is 12.2. The molecule has 1 aliphatic carbocycles. The van der Waals surface area contributed by atoms with Crippen LogP contribution >= 0.6 is 11.6 Å². The lowest BCUT2D eigenvalue weighted by Crippen LogP contribution is -2.06. The predicted molar refractivity (Wildman–Crippen MR) is 87.8 cm³/mol. The fourth-order valence-corrected chi connectivity index (χ4v) is 3.18. The number of aromatic nitrogens is 2. The molecule has 0 spiro atoms. The SMILES string of the molecule is O=C(OCc1cn2cc(Cl)ccc2n1)c1ccc2c(c1)CCC2. The minimum atomic E-state index is -0.310. The van der Waals surface area contributed by atoms with Crippen LogP contribution in [0.25, 0.3) is 5.65 Å². The molecule has 1 aromatic carbocycles. The molecule has 4 nitrogen and oxygen atoms in total. The lowest BCUT2D eigenvalue weighted by Gasteiger charge is -2.05. The van der Waals surface area contributed by atoms with Gasteiger partial charge in [0.1, 0.15) is 12.3 Å². The number of fused-ring (bicyclic) bond motifs is 2. The summed E-state index contributed by atoms with van der Waals surface area (Å²) in [5.74, 6) is -0.310. The minimum Gasteiger partial charge on any atom is -0.456 e. The summed E-state index contributed by atoms with van der Waals surface area (Å²) in [5, 5.41) is 0.636. The maximum Gasteiger partial charge on any atom is 0.338 e. The monoisotopic (exact) mass is 326 g/mol. The Morgan fingerprint density at radius 2 is 2.04 bits per heavy atom. The highest BCUT2D eigenvalue weighted by Gasteiger charge is 2.15. The van der Waals surface area contributed by atoms with Crippen LogP contribution in [-0.4, -0.2) is 15.4 Å². The molecule has 2 heterocycles. The van der Waals surface area contributed by atoms with E-state index in [9.17, 15) is 4.79 Å². The molecular weight excluding hydrogens is 312 g/mol. The van der Waals surface area contributed by atoms with Crippen LogP contribution in [0.15, 0.2) is 42.7 Å². The topological polar surface area (TPSA) is 43.6 Å². The highest BCUT2D eigenvalue weighted by Crippen LogP contribution is 2.23. The molecule has 0 atom stereocenters. The number of aryl methyl sites for hydroxylation is 2. The Kier molecular flexibility index (Phi) is 3.54. The van der Waals surface area contributed by atoms with Crippen molar-refractivity contribution < 1.29 is 9.53 Å². The van der Waals surface area contributed by atoms with E-state index in [1.165, 1.54) is 11.1 Å². The third-order valence-corrected chi connectivity index (χ3v) is 4.37. The van der Waals surface area contributed by atoms with Gasteiger partial charge in [-0.25, -0.2) is 9.78 Å². The van der Waals surface area contributed by atoms with Gasteiger partial charge in [-0.15, -0.1) is 0 Å². The summed E-state index contributed by atoms with van der Waals surface area (Å²) >= 11 is 5.95. The number of pyridine rings is 1. The van der Waals surface area contributed by atoms with E-state index in [2.05, 4.69) is 4.98 Å². The Labute approximate surface area is 138 Å². The summed E-state index contributed by atoms with van der Waals surface area (Å²) in [6.45, 7) is 0.148. The average molecular weight is 327 g/mol. The van der Waals surface area contributed by atoms with Gasteiger partial charge in [0.25, 0.3) is 0 Å². The number of hydrogen-bond donors (Lipinski definition) is 0. The van der Waals surface area contributed by atoms with Gasteiger partial charge in [-0.2, -0.15) is 0 Å². The summed E-state index contributed by atoms with van der Waals surface area (Å²) in [4.78, 5) is 16.6. The van der Waals surface area contributed by atoms with Crippen molar-refractivity contribution in [3.63, 3.8) is 0 Å². The Hall–Kier alpha value is -2.33. The fraction of sp³-hybridized carbons (Fsp3) is 0.222. The molecule has 0 aliphatic heterocycles. The van der Waals surface area contributed by atoms with Gasteiger partial charge < -0.3 is 9.14 Å². The van der Waals surface area contributed by atoms with Crippen molar-refractivity contribution in [2.45, 2.75) is 25.9 Å². The van der Waals surface area contributed by atoms with Crippen LogP contribution in [0, 0.1) is 0 Å². The number of carbonyl (C=O) groups is 1. The van der Waals surface area contributed by atoms with E-state index >= 15 is 0 Å². The van der Waals surface area contributed by atoms with Crippen molar-refractivity contribution in [2.75, 3.05) is 0 Å². The van der Waals surface area contributed by atoms with Gasteiger partial charge in [-0.1, -0.05) is 17.7 Å². The number of hydrogen-bond acceptors (Lipinski definition) is 3. The number of imidazole rings is 1. The van der Waals surface area contributed by atoms with Gasteiger partial charge in [-0.05, 0) is 54.7 Å². The summed E-state index contributed by atoms with van der Waals surface area (Å²) < 4.78 is 7.21. The van der Waals surface area contributed by atoms with E-state index in [-0.39, 0.29) is 12.6 Å². The number of nitrogens with zero attached hydrogens (tertiary/aromatic N) is 2. The van der Waals surface area contributed by atoms with Crippen LogP contribution in [0.1, 0.15) is 33.6 Å². The number of ether oxygens (including phenoxy) is 1. The Balaban J connectivity index is 1.48. The molecule has 0 saturated heterocycles. The third kappa shape index (κ3) is 2.82. The third-order valence-electron chi connectivity index (χ3n) is 4.15. The van der Waals surface area contributed by atoms with E-state index in [4.69, 9.17) is 16.3 Å². The van der Waals surface area contributed by atoms with Crippen molar-refractivity contribution in [3.05, 3.63) is 70.1 Å². The number of esters is 1. The maximum absolute atomic E-state index is 12.2. The molecule has 2 aromatic heterocycles. The molecule has 116 valence electrons. The Morgan fingerprint density at radius 3 is 2.96 bits per heavy atom. The molecule has 23 heavy (non-hydrogen) atoms. The molecule has 0 amide bonds. The van der Waals surface area contributed by atoms with E-state index in [0.717, 1.165) is 24.9 Å². The van der Waals surface area contributed by atoms with Crippen LogP contribution in [0.4, 0.5) is 0 Å². The highest BCUT2D eigenvalue weighted by molar-refractivity contribution is 6.30. The molecule has 0 N–H and O–H groups in total. The number of rotatable bonds is 3. The predicted octanol–water partition coefficient (Wildman–Crippen LogP) is 3.83. The van der Waals surface area contributed by atoms with Crippen molar-refractivity contribution in [2.24, 2.45) is 0 Å². The van der Waals surface area contributed by atoms with Crippen LogP contribution in [0.3, 0.4) is 0 Å². The zero-order valence-corrected chi connectivity index (χ0v) is 13.2. The smallest absolute Gasteiger partial charge is 0.338 e. The molecule has 5 heteroatoms. The molecule has 0 fully saturated rings. The molecular formula is C18H15ClN2O2. The summed E-state index contributed by atoms with van der Waals surface area (Å²) in [6, 6.07) is 9.44. The molecule has 4 rings (SSSR count). The Bertz CT molecular complexity index is 901. The summed E-state index contributed by atoms with van der Waals surface area (Å²) in [5.41, 5.74) is 4.69. The summed E-state index contributed by atoms with van der Waals surface area (Å²) in [6.07, 6.45) is 6.91. The van der Waals surface area contributed by atoms with E-state index in [1.807, 2.05) is 34.9 Å². The zero-order valence-electron chi connectivity index (χ0n) is 12.5. The quantitative estimate of drug-likeness (QED) is 0.687. The van der Waals surface area contributed by atoms with Crippen molar-refractivity contribution in [1.82, 2.24) is 9.38 Å². The fourth-order valence-electron chi connectivity index (χ4n) is 3.01. The first-order valence-corrected chi connectivity index (χ1v) is 7.99. The van der Waals surface area contributed by atoms with Gasteiger partial charge in [-0.3, -0.25) is 0 Å². The van der Waals surface area contributed by atoms with E-state index < -0.39 is 0 Å². The van der Waals surface area contributed by atoms with Crippen molar-refractivity contribution in [1.29, 1.82) is 0 Å². The lowest BCUT2D eigenvalue weighted by molar-refractivity contribution is 0.0468. The van der Waals surface area contributed by atoms with E-state index in [0.29, 0.717) is 16.3 Å². The number of carbonyl (C=O) groups excluding carboxylic acids is 1. The van der Waals surface area contributed by atoms with Gasteiger partial charge in [0.15, 0.2) is 0 Å². The summed E-state index contributed by atoms with van der Waals surface area (Å²) in [7, 11) is 0. The second-order valence-electron chi connectivity index (χ2n) is 5.76. The first kappa shape index (κ1) is 14.3. The second-order valence-corrected chi connectivity index (χ2v) is 6.19. The first-order valence-electron chi connectivity index (χ1n) is 7.61. The molecule has 0 bridgehead atoms. The van der Waals surface area contributed by atoms with Gasteiger partial charge >= 0.3 is 5.97 Å². The standard InChI is InChI=1S/C18H15ClN2O2/c19-15-6-7-17-20-16(10-21(17)9-15)11-23-18(22)14-5-4-12-2-1-3-13(12)8-14/h4-10H,1-3,11H2. The molecule has 1 aliphatic rings.